The lowest BCUT2D eigenvalue weighted by atomic mass is 9.83. The maximum atomic E-state index is 12.9. The zero-order chi connectivity index (χ0) is 22.5. The molecule has 1 aliphatic rings. The van der Waals surface area contributed by atoms with E-state index in [1.165, 1.54) is 31.2 Å². The van der Waals surface area contributed by atoms with E-state index >= 15 is 0 Å². The van der Waals surface area contributed by atoms with E-state index in [-0.39, 0.29) is 11.6 Å². The summed E-state index contributed by atoms with van der Waals surface area (Å²) >= 11 is 6.73. The van der Waals surface area contributed by atoms with Crippen molar-refractivity contribution in [1.82, 2.24) is 15.1 Å². The third-order valence-electron chi connectivity index (χ3n) is 6.26. The van der Waals surface area contributed by atoms with Crippen LogP contribution in [0.3, 0.4) is 0 Å². The van der Waals surface area contributed by atoms with Gasteiger partial charge >= 0.3 is 0 Å². The number of rotatable bonds is 8. The van der Waals surface area contributed by atoms with Crippen LogP contribution in [-0.2, 0) is 13.0 Å². The third-order valence-corrected chi connectivity index (χ3v) is 6.62. The minimum absolute atomic E-state index is 0.201. The molecular weight excluding hydrogens is 410 g/mol. The normalized spacial score (nSPS) is 18.9. The average Bonchev–Trinajstić information content (AvgIpc) is 3.08. The molecule has 1 fully saturated rings. The highest BCUT2D eigenvalue weighted by atomic mass is 35.5. The Balaban J connectivity index is 1.83. The average molecular weight is 446 g/mol. The monoisotopic (exact) mass is 445 g/mol. The number of hydrogen-bond donors (Lipinski definition) is 1. The minimum atomic E-state index is -0.201. The van der Waals surface area contributed by atoms with Gasteiger partial charge in [-0.05, 0) is 61.6 Å². The summed E-state index contributed by atoms with van der Waals surface area (Å²) in [4.78, 5) is 12.9. The molecule has 1 N–H and O–H groups in total. The third kappa shape index (κ3) is 5.62. The van der Waals surface area contributed by atoms with Gasteiger partial charge in [-0.1, -0.05) is 51.3 Å². The number of hydrogen-bond acceptors (Lipinski definition) is 3. The van der Waals surface area contributed by atoms with Crippen LogP contribution < -0.4 is 10.1 Å². The molecule has 0 saturated heterocycles. The zero-order valence-electron chi connectivity index (χ0n) is 19.5. The quantitative estimate of drug-likeness (QED) is 0.543. The van der Waals surface area contributed by atoms with Gasteiger partial charge in [0.2, 0.25) is 0 Å². The fourth-order valence-corrected chi connectivity index (χ4v) is 4.78. The molecule has 0 bridgehead atoms. The van der Waals surface area contributed by atoms with Crippen LogP contribution in [0.1, 0.15) is 69.4 Å². The Kier molecular flexibility index (Phi) is 8.04. The van der Waals surface area contributed by atoms with Crippen molar-refractivity contribution in [2.45, 2.75) is 66.3 Å². The van der Waals surface area contributed by atoms with E-state index in [0.29, 0.717) is 29.9 Å². The van der Waals surface area contributed by atoms with Crippen molar-refractivity contribution in [2.75, 3.05) is 13.7 Å². The highest BCUT2D eigenvalue weighted by Gasteiger charge is 2.25. The molecule has 0 atom stereocenters. The predicted molar refractivity (Wildman–Crippen MR) is 127 cm³/mol. The molecule has 1 aromatic carbocycles. The number of carbonyl (C=O) groups is 1. The van der Waals surface area contributed by atoms with Gasteiger partial charge in [-0.15, -0.1) is 0 Å². The molecule has 5 nitrogen and oxygen atoms in total. The summed E-state index contributed by atoms with van der Waals surface area (Å²) in [5, 5.41) is 7.99. The topological polar surface area (TPSA) is 56.2 Å². The highest BCUT2D eigenvalue weighted by Crippen LogP contribution is 2.38. The van der Waals surface area contributed by atoms with Crippen LogP contribution in [0.25, 0.3) is 11.3 Å². The van der Waals surface area contributed by atoms with Crippen molar-refractivity contribution in [3.05, 3.63) is 34.5 Å². The molecule has 1 aliphatic carbocycles. The van der Waals surface area contributed by atoms with Crippen LogP contribution in [-0.4, -0.2) is 29.3 Å². The molecule has 0 unspecified atom stereocenters. The number of benzene rings is 1. The lowest BCUT2D eigenvalue weighted by molar-refractivity contribution is 0.0936. The van der Waals surface area contributed by atoms with Gasteiger partial charge in [0.25, 0.3) is 5.91 Å². The van der Waals surface area contributed by atoms with Gasteiger partial charge in [0.05, 0.1) is 17.8 Å². The Morgan fingerprint density at radius 2 is 2.00 bits per heavy atom. The van der Waals surface area contributed by atoms with Crippen molar-refractivity contribution in [1.29, 1.82) is 0 Å². The van der Waals surface area contributed by atoms with Gasteiger partial charge in [-0.25, -0.2) is 0 Å². The summed E-state index contributed by atoms with van der Waals surface area (Å²) in [6, 6.07) is 6.18. The van der Waals surface area contributed by atoms with Crippen LogP contribution >= 0.6 is 11.6 Å². The second-order valence-electron chi connectivity index (χ2n) is 9.30. The van der Waals surface area contributed by atoms with Gasteiger partial charge in [0.15, 0.2) is 5.69 Å². The van der Waals surface area contributed by atoms with Crippen LogP contribution in [0, 0.1) is 17.8 Å². The summed E-state index contributed by atoms with van der Waals surface area (Å²) in [5.41, 5.74) is 3.09. The molecule has 1 heterocycles. The van der Waals surface area contributed by atoms with Crippen LogP contribution in [0.15, 0.2) is 18.2 Å². The lowest BCUT2D eigenvalue weighted by Gasteiger charge is -2.26. The predicted octanol–water partition coefficient (Wildman–Crippen LogP) is 5.99. The van der Waals surface area contributed by atoms with E-state index in [2.05, 4.69) is 43.3 Å². The first-order valence-electron chi connectivity index (χ1n) is 11.6. The number of ether oxygens (including phenoxy) is 1. The molecule has 2 aromatic rings. The maximum absolute atomic E-state index is 12.9. The van der Waals surface area contributed by atoms with Crippen molar-refractivity contribution in [3.63, 3.8) is 0 Å². The molecule has 0 radical (unpaired) electrons. The summed E-state index contributed by atoms with van der Waals surface area (Å²) in [6.45, 7) is 9.99. The van der Waals surface area contributed by atoms with E-state index in [0.717, 1.165) is 29.3 Å². The van der Waals surface area contributed by atoms with Crippen LogP contribution in [0.4, 0.5) is 0 Å². The molecule has 3 rings (SSSR count). The Morgan fingerprint density at radius 1 is 1.29 bits per heavy atom. The summed E-state index contributed by atoms with van der Waals surface area (Å²) < 4.78 is 7.47. The molecular formula is C25H36ClN3O2. The first kappa shape index (κ1) is 23.6. The van der Waals surface area contributed by atoms with E-state index in [9.17, 15) is 4.79 Å². The second-order valence-corrected chi connectivity index (χ2v) is 9.67. The van der Waals surface area contributed by atoms with E-state index in [1.807, 2.05) is 13.0 Å². The van der Waals surface area contributed by atoms with Gasteiger partial charge in [0.1, 0.15) is 5.75 Å². The number of aromatic nitrogens is 2. The molecule has 0 spiro atoms. The molecule has 31 heavy (non-hydrogen) atoms. The van der Waals surface area contributed by atoms with Gasteiger partial charge in [0, 0.05) is 18.7 Å². The molecule has 6 heteroatoms. The fraction of sp³-hybridized carbons (Fsp3) is 0.600. The number of nitrogens with one attached hydrogen (secondary N) is 1. The number of halogens is 1. The standard InChI is InChI=1S/C25H36ClN3O2/c1-6-29-24(20-12-11-19(13-16(2)3)14-21(20)31-5)22(26)23(28-29)25(30)27-15-18-9-7-17(4)8-10-18/h11-12,14,16-18H,6-10,13,15H2,1-5H3,(H,27,30). The first-order valence-corrected chi connectivity index (χ1v) is 11.9. The van der Waals surface area contributed by atoms with Crippen molar-refractivity contribution in [3.8, 4) is 17.0 Å². The minimum Gasteiger partial charge on any atom is -0.496 e. The molecule has 1 aromatic heterocycles. The number of amides is 1. The second kappa shape index (κ2) is 10.5. The molecule has 1 amide bonds. The number of methoxy groups -OCH3 is 1. The Hall–Kier alpha value is -2.01. The van der Waals surface area contributed by atoms with Gasteiger partial charge < -0.3 is 10.1 Å². The highest BCUT2D eigenvalue weighted by molar-refractivity contribution is 6.36. The van der Waals surface area contributed by atoms with Gasteiger partial charge in [-0.2, -0.15) is 5.10 Å². The van der Waals surface area contributed by atoms with E-state index in [4.69, 9.17) is 16.3 Å². The van der Waals surface area contributed by atoms with Crippen LogP contribution in [0.5, 0.6) is 5.75 Å². The number of nitrogens with zero attached hydrogens (tertiary/aromatic N) is 2. The SMILES string of the molecule is CCn1nc(C(=O)NCC2CCC(C)CC2)c(Cl)c1-c1ccc(CC(C)C)cc1OC. The Labute approximate surface area is 191 Å². The van der Waals surface area contributed by atoms with E-state index < -0.39 is 0 Å². The fourth-order valence-electron chi connectivity index (χ4n) is 4.45. The Bertz CT molecular complexity index is 898. The molecule has 0 aliphatic heterocycles. The van der Waals surface area contributed by atoms with E-state index in [1.54, 1.807) is 11.8 Å². The number of aryl methyl sites for hydroxylation is 1. The summed E-state index contributed by atoms with van der Waals surface area (Å²) in [7, 11) is 1.66. The largest absolute Gasteiger partial charge is 0.496 e. The summed E-state index contributed by atoms with van der Waals surface area (Å²) in [5.74, 6) is 2.44. The maximum Gasteiger partial charge on any atom is 0.273 e. The lowest BCUT2D eigenvalue weighted by Crippen LogP contribution is -2.31. The van der Waals surface area contributed by atoms with Crippen molar-refractivity contribution >= 4 is 17.5 Å². The smallest absolute Gasteiger partial charge is 0.273 e. The van der Waals surface area contributed by atoms with Crippen LogP contribution in [0.2, 0.25) is 5.02 Å². The Morgan fingerprint density at radius 3 is 2.61 bits per heavy atom. The van der Waals surface area contributed by atoms with Gasteiger partial charge in [-0.3, -0.25) is 9.48 Å². The molecule has 1 saturated carbocycles. The summed E-state index contributed by atoms with van der Waals surface area (Å²) in [6.07, 6.45) is 5.80. The first-order chi connectivity index (χ1) is 14.8. The zero-order valence-corrected chi connectivity index (χ0v) is 20.3. The van der Waals surface area contributed by atoms with Crippen molar-refractivity contribution in [2.24, 2.45) is 17.8 Å². The van der Waals surface area contributed by atoms with Crippen molar-refractivity contribution < 1.29 is 9.53 Å². The number of carbonyl (C=O) groups excluding carboxylic acids is 1. The molecule has 170 valence electrons.